The molecule has 1 aromatic carbocycles. The van der Waals surface area contributed by atoms with E-state index in [1.165, 1.54) is 31.5 Å². The Balaban J connectivity index is 1.43. The highest BCUT2D eigenvalue weighted by Crippen LogP contribution is 2.42. The quantitative estimate of drug-likeness (QED) is 0.873. The number of aromatic nitrogens is 2. The number of amidine groups is 1. The second-order valence-corrected chi connectivity index (χ2v) is 7.29. The van der Waals surface area contributed by atoms with Crippen LogP contribution >= 0.6 is 0 Å². The Hall–Kier alpha value is -2.05. The second-order valence-electron chi connectivity index (χ2n) is 7.29. The highest BCUT2D eigenvalue weighted by molar-refractivity contribution is 5.86. The Kier molecular flexibility index (Phi) is 3.11. The Bertz CT molecular complexity index is 827. The zero-order valence-corrected chi connectivity index (χ0v) is 13.8. The van der Waals surface area contributed by atoms with Crippen LogP contribution in [-0.2, 0) is 4.84 Å². The van der Waals surface area contributed by atoms with Crippen LogP contribution in [0, 0.1) is 12.8 Å². The molecule has 5 heterocycles. The molecule has 4 aliphatic heterocycles. The van der Waals surface area contributed by atoms with Gasteiger partial charge in [0, 0.05) is 24.5 Å². The van der Waals surface area contributed by atoms with Crippen molar-refractivity contribution < 1.29 is 4.84 Å². The van der Waals surface area contributed by atoms with Gasteiger partial charge in [-0.25, -0.2) is 9.97 Å². The van der Waals surface area contributed by atoms with Gasteiger partial charge in [0.25, 0.3) is 5.95 Å². The molecule has 1 unspecified atom stereocenters. The van der Waals surface area contributed by atoms with Crippen molar-refractivity contribution in [2.75, 3.05) is 19.6 Å². The molecule has 4 saturated heterocycles. The van der Waals surface area contributed by atoms with Gasteiger partial charge in [-0.15, -0.1) is 0 Å². The Morgan fingerprint density at radius 1 is 1.33 bits per heavy atom. The van der Waals surface area contributed by atoms with Crippen molar-refractivity contribution in [3.63, 3.8) is 0 Å². The van der Waals surface area contributed by atoms with Crippen molar-refractivity contribution in [2.24, 2.45) is 10.9 Å². The van der Waals surface area contributed by atoms with Crippen molar-refractivity contribution in [3.05, 3.63) is 30.0 Å². The summed E-state index contributed by atoms with van der Waals surface area (Å²) in [6, 6.07) is 6.18. The minimum Gasteiger partial charge on any atom is -0.300 e. The molecule has 1 aromatic heterocycles. The number of nitrogens with zero attached hydrogens (tertiary/aromatic N) is 4. The van der Waals surface area contributed by atoms with Gasteiger partial charge in [0.15, 0.2) is 0 Å². The Morgan fingerprint density at radius 3 is 3.00 bits per heavy atom. The van der Waals surface area contributed by atoms with Crippen LogP contribution in [0.25, 0.3) is 10.9 Å². The van der Waals surface area contributed by atoms with Crippen LogP contribution in [0.3, 0.4) is 0 Å². The molecule has 1 N–H and O–H groups in total. The monoisotopic (exact) mass is 323 g/mol. The lowest BCUT2D eigenvalue weighted by atomic mass is 9.74. The van der Waals surface area contributed by atoms with Crippen LogP contribution in [0.4, 0.5) is 5.95 Å². The normalized spacial score (nSPS) is 33.5. The maximum Gasteiger partial charge on any atom is 0.251 e. The van der Waals surface area contributed by atoms with E-state index in [4.69, 9.17) is 4.84 Å². The van der Waals surface area contributed by atoms with E-state index >= 15 is 0 Å². The van der Waals surface area contributed by atoms with Gasteiger partial charge >= 0.3 is 0 Å². The lowest BCUT2D eigenvalue weighted by Crippen LogP contribution is -2.59. The van der Waals surface area contributed by atoms with E-state index in [0.717, 1.165) is 29.7 Å². The van der Waals surface area contributed by atoms with Crippen molar-refractivity contribution in [2.45, 2.75) is 31.8 Å². The number of aliphatic imine (C=N–C) groups is 1. The first-order chi connectivity index (χ1) is 11.7. The molecule has 24 heavy (non-hydrogen) atoms. The molecule has 4 fully saturated rings. The number of nitrogens with one attached hydrogen (secondary N) is 1. The molecule has 1 atom stereocenters. The molecule has 4 aliphatic rings. The second kappa shape index (κ2) is 5.22. The molecule has 6 nitrogen and oxygen atoms in total. The van der Waals surface area contributed by atoms with Gasteiger partial charge in [-0.3, -0.25) is 10.3 Å². The lowest BCUT2D eigenvalue weighted by Gasteiger charge is -2.49. The van der Waals surface area contributed by atoms with Gasteiger partial charge in [0.2, 0.25) is 0 Å². The van der Waals surface area contributed by atoms with E-state index < -0.39 is 0 Å². The van der Waals surface area contributed by atoms with Crippen LogP contribution in [-0.4, -0.2) is 45.9 Å². The maximum atomic E-state index is 6.03. The summed E-state index contributed by atoms with van der Waals surface area (Å²) in [6.45, 7) is 5.48. The number of fused-ring (bicyclic) bond motifs is 3. The number of aryl methyl sites for hydroxylation is 1. The third-order valence-corrected chi connectivity index (χ3v) is 5.62. The van der Waals surface area contributed by atoms with Crippen LogP contribution < -0.4 is 5.48 Å². The zero-order valence-electron chi connectivity index (χ0n) is 13.8. The molecule has 2 bridgehead atoms. The average molecular weight is 323 g/mol. The smallest absolute Gasteiger partial charge is 0.251 e. The number of rotatable bonds is 1. The third-order valence-electron chi connectivity index (χ3n) is 5.62. The van der Waals surface area contributed by atoms with Crippen molar-refractivity contribution in [1.82, 2.24) is 20.3 Å². The summed E-state index contributed by atoms with van der Waals surface area (Å²) in [7, 11) is 0. The summed E-state index contributed by atoms with van der Waals surface area (Å²) >= 11 is 0. The van der Waals surface area contributed by atoms with Gasteiger partial charge in [0.1, 0.15) is 11.4 Å². The Morgan fingerprint density at radius 2 is 2.21 bits per heavy atom. The first kappa shape index (κ1) is 14.3. The van der Waals surface area contributed by atoms with Crippen LogP contribution in [0.2, 0.25) is 0 Å². The largest absolute Gasteiger partial charge is 0.300 e. The SMILES string of the molecule is Cc1ccc2cnc(N=C3CC4(CN5CCC4CC5)ON3)nc2c1. The molecule has 6 heteroatoms. The van der Waals surface area contributed by atoms with Crippen LogP contribution in [0.1, 0.15) is 24.8 Å². The summed E-state index contributed by atoms with van der Waals surface area (Å²) in [4.78, 5) is 22.1. The predicted octanol–water partition coefficient (Wildman–Crippen LogP) is 2.36. The minimum atomic E-state index is -0.108. The minimum absolute atomic E-state index is 0.108. The van der Waals surface area contributed by atoms with E-state index in [-0.39, 0.29) is 5.60 Å². The molecule has 0 radical (unpaired) electrons. The molecule has 2 aromatic rings. The van der Waals surface area contributed by atoms with Crippen molar-refractivity contribution in [1.29, 1.82) is 0 Å². The molecule has 6 rings (SSSR count). The summed E-state index contributed by atoms with van der Waals surface area (Å²) in [5.41, 5.74) is 5.06. The summed E-state index contributed by atoms with van der Waals surface area (Å²) < 4.78 is 0. The standard InChI is InChI=1S/C18H21N5O/c1-12-2-3-13-10-19-17(20-15(13)8-12)21-16-9-18(24-22-16)11-23-6-4-14(18)5-7-23/h2-3,8,10,14H,4-7,9,11H2,1H3,(H,19,20,21,22). The first-order valence-electron chi connectivity index (χ1n) is 8.68. The van der Waals surface area contributed by atoms with E-state index in [0.29, 0.717) is 11.9 Å². The molecule has 0 amide bonds. The fourth-order valence-corrected chi connectivity index (χ4v) is 4.32. The fourth-order valence-electron chi connectivity index (χ4n) is 4.32. The van der Waals surface area contributed by atoms with Crippen LogP contribution in [0.15, 0.2) is 29.4 Å². The number of benzene rings is 1. The molecule has 1 spiro atoms. The van der Waals surface area contributed by atoms with Crippen molar-refractivity contribution >= 4 is 22.7 Å². The molecular weight excluding hydrogens is 302 g/mol. The summed E-state index contributed by atoms with van der Waals surface area (Å²) in [6.07, 6.45) is 5.10. The van der Waals surface area contributed by atoms with E-state index in [9.17, 15) is 0 Å². The van der Waals surface area contributed by atoms with E-state index in [2.05, 4.69) is 44.4 Å². The predicted molar refractivity (Wildman–Crippen MR) is 92.1 cm³/mol. The van der Waals surface area contributed by atoms with Gasteiger partial charge in [0.05, 0.1) is 5.52 Å². The van der Waals surface area contributed by atoms with Gasteiger partial charge in [-0.2, -0.15) is 4.99 Å². The highest BCUT2D eigenvalue weighted by Gasteiger charge is 2.52. The number of hydrogen-bond donors (Lipinski definition) is 1. The fraction of sp³-hybridized carbons (Fsp3) is 0.500. The highest BCUT2D eigenvalue weighted by atomic mass is 16.7. The topological polar surface area (TPSA) is 62.6 Å². The molecule has 0 saturated carbocycles. The molecular formula is C18H21N5O. The first-order valence-corrected chi connectivity index (χ1v) is 8.68. The summed E-state index contributed by atoms with van der Waals surface area (Å²) in [5, 5.41) is 1.04. The lowest BCUT2D eigenvalue weighted by molar-refractivity contribution is -0.150. The number of hydroxylamine groups is 1. The van der Waals surface area contributed by atoms with Gasteiger partial charge < -0.3 is 4.90 Å². The van der Waals surface area contributed by atoms with E-state index in [1.807, 2.05) is 12.3 Å². The van der Waals surface area contributed by atoms with E-state index in [1.54, 1.807) is 0 Å². The van der Waals surface area contributed by atoms with Gasteiger partial charge in [-0.1, -0.05) is 12.1 Å². The third kappa shape index (κ3) is 2.29. The zero-order chi connectivity index (χ0) is 16.1. The maximum absolute atomic E-state index is 6.03. The number of hydrogen-bond acceptors (Lipinski definition) is 5. The van der Waals surface area contributed by atoms with Gasteiger partial charge in [-0.05, 0) is 50.4 Å². The average Bonchev–Trinajstić information content (AvgIpc) is 2.97. The summed E-state index contributed by atoms with van der Waals surface area (Å²) in [5.74, 6) is 1.97. The number of piperidine rings is 3. The van der Waals surface area contributed by atoms with Crippen molar-refractivity contribution in [3.8, 4) is 0 Å². The van der Waals surface area contributed by atoms with Crippen LogP contribution in [0.5, 0.6) is 0 Å². The Labute approximate surface area is 140 Å². The molecule has 0 aliphatic carbocycles. The molecule has 124 valence electrons.